The van der Waals surface area contributed by atoms with E-state index in [1.807, 2.05) is 25.1 Å². The molecule has 0 saturated heterocycles. The molecule has 1 N–H and O–H groups in total. The molecule has 15 heavy (non-hydrogen) atoms. The maximum Gasteiger partial charge on any atom is 0.154 e. The molecule has 0 aliphatic rings. The molecular formula is C10H12N2O2S. The van der Waals surface area contributed by atoms with E-state index < -0.39 is 9.84 Å². The largest absolute Gasteiger partial charge is 0.341 e. The predicted molar refractivity (Wildman–Crippen MR) is 59.4 cm³/mol. The lowest BCUT2D eigenvalue weighted by molar-refractivity contribution is 0.600. The average molecular weight is 224 g/mol. The summed E-state index contributed by atoms with van der Waals surface area (Å²) in [6.07, 6.45) is 1.20. The Labute approximate surface area is 88.3 Å². The lowest BCUT2D eigenvalue weighted by Gasteiger charge is -1.91. The molecule has 2 aromatic rings. The zero-order valence-corrected chi connectivity index (χ0v) is 9.43. The van der Waals surface area contributed by atoms with Gasteiger partial charge in [0.05, 0.1) is 11.0 Å². The van der Waals surface area contributed by atoms with Gasteiger partial charge in [-0.1, -0.05) is 6.07 Å². The summed E-state index contributed by atoms with van der Waals surface area (Å²) in [4.78, 5) is 7.21. The molecule has 5 heteroatoms. The van der Waals surface area contributed by atoms with Gasteiger partial charge in [-0.25, -0.2) is 13.4 Å². The second kappa shape index (κ2) is 3.34. The van der Waals surface area contributed by atoms with Crippen molar-refractivity contribution in [3.8, 4) is 0 Å². The van der Waals surface area contributed by atoms with Crippen LogP contribution in [-0.2, 0) is 15.6 Å². The Kier molecular flexibility index (Phi) is 2.26. The Balaban J connectivity index is 2.48. The van der Waals surface area contributed by atoms with Crippen molar-refractivity contribution < 1.29 is 8.42 Å². The number of sulfone groups is 1. The molecule has 1 aromatic carbocycles. The van der Waals surface area contributed by atoms with E-state index in [0.717, 1.165) is 16.6 Å². The number of aryl methyl sites for hydroxylation is 1. The van der Waals surface area contributed by atoms with E-state index >= 15 is 0 Å². The molecule has 0 unspecified atom stereocenters. The Hall–Kier alpha value is -1.36. The number of benzene rings is 1. The highest BCUT2D eigenvalue weighted by Crippen LogP contribution is 2.14. The predicted octanol–water partition coefficient (Wildman–Crippen LogP) is 1.42. The van der Waals surface area contributed by atoms with Crippen molar-refractivity contribution >= 4 is 20.9 Å². The number of nitrogens with zero attached hydrogens (tertiary/aromatic N) is 1. The third-order valence-electron chi connectivity index (χ3n) is 2.09. The highest BCUT2D eigenvalue weighted by molar-refractivity contribution is 7.89. The van der Waals surface area contributed by atoms with Crippen molar-refractivity contribution in [3.05, 3.63) is 29.6 Å². The number of nitrogens with one attached hydrogen (secondary N) is 1. The molecule has 0 atom stereocenters. The summed E-state index contributed by atoms with van der Waals surface area (Å²) in [5, 5.41) is 0. The van der Waals surface area contributed by atoms with E-state index in [9.17, 15) is 8.42 Å². The molecule has 0 aliphatic carbocycles. The summed E-state index contributed by atoms with van der Waals surface area (Å²) in [5.74, 6) is 0.457. The molecule has 0 fully saturated rings. The van der Waals surface area contributed by atoms with Crippen LogP contribution in [0.3, 0.4) is 0 Å². The molecule has 2 rings (SSSR count). The van der Waals surface area contributed by atoms with Crippen LogP contribution in [0.2, 0.25) is 0 Å². The summed E-state index contributed by atoms with van der Waals surface area (Å²) in [7, 11) is -3.03. The fourth-order valence-electron chi connectivity index (χ4n) is 1.49. The number of fused-ring (bicyclic) bond motifs is 1. The first-order valence-corrected chi connectivity index (χ1v) is 6.63. The number of H-pyrrole nitrogens is 1. The van der Waals surface area contributed by atoms with Gasteiger partial charge in [-0.15, -0.1) is 0 Å². The zero-order chi connectivity index (χ0) is 11.1. The second-order valence-corrected chi connectivity index (χ2v) is 5.91. The number of hydrogen-bond acceptors (Lipinski definition) is 3. The molecular weight excluding hydrogens is 212 g/mol. The maximum atomic E-state index is 11.1. The van der Waals surface area contributed by atoms with Gasteiger partial charge in [-0.2, -0.15) is 0 Å². The highest BCUT2D eigenvalue weighted by atomic mass is 32.2. The monoisotopic (exact) mass is 224 g/mol. The fourth-order valence-corrected chi connectivity index (χ4v) is 2.13. The SMILES string of the molecule is Cc1ccc2nc(CS(C)(=O)=O)[nH]c2c1. The van der Waals surface area contributed by atoms with E-state index in [2.05, 4.69) is 9.97 Å². The molecule has 0 bridgehead atoms. The standard InChI is InChI=1S/C10H12N2O2S/c1-7-3-4-8-9(5-7)12-10(11-8)6-15(2,13)14/h3-5H,6H2,1-2H3,(H,11,12). The molecule has 1 heterocycles. The van der Waals surface area contributed by atoms with E-state index in [-0.39, 0.29) is 5.75 Å². The summed E-state index contributed by atoms with van der Waals surface area (Å²) in [6, 6.07) is 5.79. The minimum atomic E-state index is -3.03. The second-order valence-electron chi connectivity index (χ2n) is 3.77. The number of rotatable bonds is 2. The van der Waals surface area contributed by atoms with Gasteiger partial charge in [0.1, 0.15) is 11.6 Å². The van der Waals surface area contributed by atoms with Crippen molar-refractivity contribution in [2.45, 2.75) is 12.7 Å². The van der Waals surface area contributed by atoms with Crippen LogP contribution >= 0.6 is 0 Å². The van der Waals surface area contributed by atoms with Gasteiger partial charge in [-0.3, -0.25) is 0 Å². The van der Waals surface area contributed by atoms with Crippen LogP contribution in [0.15, 0.2) is 18.2 Å². The summed E-state index contributed by atoms with van der Waals surface area (Å²) in [5.41, 5.74) is 2.81. The van der Waals surface area contributed by atoms with Crippen LogP contribution in [-0.4, -0.2) is 24.6 Å². The van der Waals surface area contributed by atoms with E-state index in [1.54, 1.807) is 0 Å². The van der Waals surface area contributed by atoms with Crippen LogP contribution in [0, 0.1) is 6.92 Å². The molecule has 1 aromatic heterocycles. The van der Waals surface area contributed by atoms with Crippen LogP contribution in [0.1, 0.15) is 11.4 Å². The Morgan fingerprint density at radius 3 is 2.80 bits per heavy atom. The van der Waals surface area contributed by atoms with Crippen molar-refractivity contribution in [1.82, 2.24) is 9.97 Å². The van der Waals surface area contributed by atoms with E-state index in [0.29, 0.717) is 5.82 Å². The number of aromatic nitrogens is 2. The maximum absolute atomic E-state index is 11.1. The minimum absolute atomic E-state index is 0.0409. The van der Waals surface area contributed by atoms with Crippen molar-refractivity contribution in [2.75, 3.05) is 6.26 Å². The topological polar surface area (TPSA) is 62.8 Å². The lowest BCUT2D eigenvalue weighted by Crippen LogP contribution is -2.01. The van der Waals surface area contributed by atoms with Crippen molar-refractivity contribution in [1.29, 1.82) is 0 Å². The highest BCUT2D eigenvalue weighted by Gasteiger charge is 2.08. The van der Waals surface area contributed by atoms with Gasteiger partial charge in [0, 0.05) is 6.26 Å². The minimum Gasteiger partial charge on any atom is -0.341 e. The smallest absolute Gasteiger partial charge is 0.154 e. The summed E-state index contributed by atoms with van der Waals surface area (Å²) < 4.78 is 22.2. The molecule has 0 saturated carbocycles. The number of imidazole rings is 1. The lowest BCUT2D eigenvalue weighted by atomic mass is 10.2. The Bertz CT molecular complexity index is 599. The van der Waals surface area contributed by atoms with Crippen LogP contribution in [0.25, 0.3) is 11.0 Å². The third-order valence-corrected chi connectivity index (χ3v) is 2.88. The van der Waals surface area contributed by atoms with E-state index in [1.165, 1.54) is 6.26 Å². The van der Waals surface area contributed by atoms with Gasteiger partial charge in [0.15, 0.2) is 9.84 Å². The molecule has 0 radical (unpaired) electrons. The molecule has 0 spiro atoms. The normalized spacial score (nSPS) is 12.1. The van der Waals surface area contributed by atoms with Gasteiger partial charge in [0.25, 0.3) is 0 Å². The first-order valence-electron chi connectivity index (χ1n) is 4.57. The summed E-state index contributed by atoms with van der Waals surface area (Å²) in [6.45, 7) is 1.98. The quantitative estimate of drug-likeness (QED) is 0.839. The zero-order valence-electron chi connectivity index (χ0n) is 8.61. The van der Waals surface area contributed by atoms with Crippen LogP contribution in [0.4, 0.5) is 0 Å². The van der Waals surface area contributed by atoms with Crippen molar-refractivity contribution in [2.24, 2.45) is 0 Å². The molecule has 80 valence electrons. The van der Waals surface area contributed by atoms with E-state index in [4.69, 9.17) is 0 Å². The van der Waals surface area contributed by atoms with Gasteiger partial charge >= 0.3 is 0 Å². The Morgan fingerprint density at radius 2 is 2.13 bits per heavy atom. The fraction of sp³-hybridized carbons (Fsp3) is 0.300. The number of aromatic amines is 1. The first-order chi connectivity index (χ1) is 6.94. The number of hydrogen-bond donors (Lipinski definition) is 1. The average Bonchev–Trinajstić information content (AvgIpc) is 2.42. The summed E-state index contributed by atoms with van der Waals surface area (Å²) >= 11 is 0. The molecule has 0 amide bonds. The van der Waals surface area contributed by atoms with Gasteiger partial charge < -0.3 is 4.98 Å². The van der Waals surface area contributed by atoms with Gasteiger partial charge in [-0.05, 0) is 24.6 Å². The molecule has 4 nitrogen and oxygen atoms in total. The first kappa shape index (κ1) is 10.2. The van der Waals surface area contributed by atoms with Crippen LogP contribution < -0.4 is 0 Å². The third kappa shape index (κ3) is 2.36. The van der Waals surface area contributed by atoms with Crippen molar-refractivity contribution in [3.63, 3.8) is 0 Å². The molecule has 0 aliphatic heterocycles. The Morgan fingerprint density at radius 1 is 1.40 bits per heavy atom. The van der Waals surface area contributed by atoms with Gasteiger partial charge in [0.2, 0.25) is 0 Å². The van der Waals surface area contributed by atoms with Crippen LogP contribution in [0.5, 0.6) is 0 Å².